The van der Waals surface area contributed by atoms with E-state index in [1.807, 2.05) is 60.7 Å². The summed E-state index contributed by atoms with van der Waals surface area (Å²) < 4.78 is 38.2. The van der Waals surface area contributed by atoms with Gasteiger partial charge in [-0.2, -0.15) is 5.09 Å². The summed E-state index contributed by atoms with van der Waals surface area (Å²) in [6.07, 6.45) is 3.07. The smallest absolute Gasteiger partial charge is 0.459 e. The van der Waals surface area contributed by atoms with Crippen LogP contribution in [0.25, 0.3) is 10.8 Å². The van der Waals surface area contributed by atoms with Gasteiger partial charge in [-0.3, -0.25) is 23.7 Å². The topological polar surface area (TPSA) is 138 Å². The molecule has 0 bridgehead atoms. The minimum Gasteiger partial charge on any atom is -0.460 e. The molecule has 0 saturated heterocycles. The fourth-order valence-corrected chi connectivity index (χ4v) is 5.70. The maximum atomic E-state index is 14.1. The van der Waals surface area contributed by atoms with Crippen LogP contribution in [0.4, 0.5) is 0 Å². The van der Waals surface area contributed by atoms with E-state index in [4.69, 9.17) is 18.5 Å². The molecule has 2 heterocycles. The number of nitrogens with one attached hydrogen (secondary N) is 2. The summed E-state index contributed by atoms with van der Waals surface area (Å²) in [6, 6.07) is 22.1. The maximum Gasteiger partial charge on any atom is 0.459 e. The van der Waals surface area contributed by atoms with Gasteiger partial charge < -0.3 is 14.0 Å². The molecule has 2 N–H and O–H groups in total. The number of H-pyrrole nitrogens is 1. The molecule has 0 aliphatic carbocycles. The monoisotopic (exact) mass is 577 g/mol. The van der Waals surface area contributed by atoms with Crippen molar-refractivity contribution in [3.05, 3.63) is 124 Å². The van der Waals surface area contributed by atoms with Crippen LogP contribution in [0.3, 0.4) is 0 Å². The van der Waals surface area contributed by atoms with Crippen molar-refractivity contribution in [2.45, 2.75) is 31.9 Å². The Morgan fingerprint density at radius 1 is 1.02 bits per heavy atom. The van der Waals surface area contributed by atoms with Gasteiger partial charge in [0.2, 0.25) is 0 Å². The molecule has 1 aliphatic heterocycles. The number of ether oxygens (including phenoxy) is 2. The molecule has 1 aromatic heterocycles. The first-order chi connectivity index (χ1) is 19.8. The second kappa shape index (κ2) is 12.5. The van der Waals surface area contributed by atoms with E-state index in [0.717, 1.165) is 10.9 Å². The highest BCUT2D eigenvalue weighted by atomic mass is 31.2. The number of carbonyl (C=O) groups is 1. The molecule has 212 valence electrons. The van der Waals surface area contributed by atoms with E-state index in [1.54, 1.807) is 24.3 Å². The second-order valence-electron chi connectivity index (χ2n) is 9.27. The Morgan fingerprint density at radius 2 is 1.78 bits per heavy atom. The van der Waals surface area contributed by atoms with Crippen LogP contribution >= 0.6 is 7.75 Å². The van der Waals surface area contributed by atoms with Crippen LogP contribution in [0, 0.1) is 0 Å². The van der Waals surface area contributed by atoms with Gasteiger partial charge in [-0.1, -0.05) is 72.8 Å². The molecule has 1 unspecified atom stereocenters. The first-order valence-electron chi connectivity index (χ1n) is 12.9. The minimum absolute atomic E-state index is 0.0489. The van der Waals surface area contributed by atoms with Crippen molar-refractivity contribution >= 4 is 24.5 Å². The van der Waals surface area contributed by atoms with Crippen molar-refractivity contribution in [3.8, 4) is 5.75 Å². The number of carbonyl (C=O) groups excluding carboxylic acids is 1. The lowest BCUT2D eigenvalue weighted by molar-refractivity contribution is -0.146. The number of esters is 1. The van der Waals surface area contributed by atoms with Crippen LogP contribution in [-0.4, -0.2) is 34.3 Å². The number of aromatic nitrogens is 2. The molecule has 41 heavy (non-hydrogen) atoms. The molecule has 0 fully saturated rings. The van der Waals surface area contributed by atoms with Crippen LogP contribution in [0.5, 0.6) is 5.75 Å². The Kier molecular flexibility index (Phi) is 8.61. The van der Waals surface area contributed by atoms with Gasteiger partial charge in [0, 0.05) is 17.6 Å². The van der Waals surface area contributed by atoms with Gasteiger partial charge in [-0.05, 0) is 30.0 Å². The molecule has 0 radical (unpaired) electrons. The van der Waals surface area contributed by atoms with Crippen molar-refractivity contribution in [1.82, 2.24) is 14.6 Å². The highest BCUT2D eigenvalue weighted by Crippen LogP contribution is 2.47. The number of hydrogen-bond acceptors (Lipinski definition) is 8. The Morgan fingerprint density at radius 3 is 2.59 bits per heavy atom. The quantitative estimate of drug-likeness (QED) is 0.154. The van der Waals surface area contributed by atoms with Gasteiger partial charge in [-0.25, -0.2) is 9.36 Å². The van der Waals surface area contributed by atoms with E-state index < -0.39 is 43.3 Å². The summed E-state index contributed by atoms with van der Waals surface area (Å²) in [7, 11) is -4.19. The number of hydrogen-bond donors (Lipinski definition) is 2. The third-order valence-corrected chi connectivity index (χ3v) is 7.87. The summed E-state index contributed by atoms with van der Waals surface area (Å²) in [5.74, 6) is -0.349. The van der Waals surface area contributed by atoms with Gasteiger partial charge in [0.1, 0.15) is 24.5 Å². The molecular formula is C29H28N3O8P. The first-order valence-corrected chi connectivity index (χ1v) is 14.4. The number of aromatic amines is 1. The Bertz CT molecular complexity index is 1710. The van der Waals surface area contributed by atoms with E-state index in [1.165, 1.54) is 23.8 Å². The lowest BCUT2D eigenvalue weighted by atomic mass is 10.1. The van der Waals surface area contributed by atoms with Crippen LogP contribution < -0.4 is 20.9 Å². The lowest BCUT2D eigenvalue weighted by Gasteiger charge is -2.24. The van der Waals surface area contributed by atoms with Gasteiger partial charge in [0.05, 0.1) is 6.61 Å². The first kappa shape index (κ1) is 28.3. The SMILES string of the molecule is C[C@@H](NP(=O)(OC[C@@H]1C=C[C@H](n2ccc(=O)[nH]c2=O)O1)Oc1cccc2ccccc12)C(=O)OCc1ccccc1. The molecule has 3 aromatic carbocycles. The number of benzene rings is 3. The van der Waals surface area contributed by atoms with Crippen molar-refractivity contribution < 1.29 is 27.9 Å². The second-order valence-corrected chi connectivity index (χ2v) is 11.0. The maximum absolute atomic E-state index is 14.1. The Balaban J connectivity index is 1.30. The third kappa shape index (κ3) is 7.08. The fourth-order valence-electron chi connectivity index (χ4n) is 4.18. The largest absolute Gasteiger partial charge is 0.460 e. The summed E-state index contributed by atoms with van der Waals surface area (Å²) in [5.41, 5.74) is -0.355. The van der Waals surface area contributed by atoms with Gasteiger partial charge >= 0.3 is 19.4 Å². The Labute approximate surface area is 234 Å². The van der Waals surface area contributed by atoms with E-state index in [9.17, 15) is 18.9 Å². The van der Waals surface area contributed by atoms with Gasteiger partial charge in [-0.15, -0.1) is 0 Å². The van der Waals surface area contributed by atoms with Crippen LogP contribution in [0.1, 0.15) is 18.7 Å². The fraction of sp³-hybridized carbons (Fsp3) is 0.207. The third-order valence-electron chi connectivity index (χ3n) is 6.24. The molecule has 12 heteroatoms. The molecule has 1 aliphatic rings. The standard InChI is InChI=1S/C29H28N3O8P/c1-20(28(34)37-18-21-8-3-2-4-9-21)31-41(36,40-25-13-7-11-22-10-5-6-12-24(22)25)38-19-23-14-15-27(39-23)32-17-16-26(33)30-29(32)35/h2-17,20,23,27H,18-19H2,1H3,(H,31,36)(H,30,33,35)/t20-,23+,27-,41?/m1/s1. The zero-order valence-electron chi connectivity index (χ0n) is 22.0. The normalized spacial score (nSPS) is 18.6. The average Bonchev–Trinajstić information content (AvgIpc) is 3.44. The van der Waals surface area contributed by atoms with Crippen LogP contribution in [-0.2, 0) is 30.0 Å². The number of rotatable bonds is 11. The number of nitrogens with zero attached hydrogens (tertiary/aromatic N) is 1. The zero-order chi connectivity index (χ0) is 28.8. The molecule has 0 spiro atoms. The van der Waals surface area contributed by atoms with Crippen molar-refractivity contribution in [3.63, 3.8) is 0 Å². The molecule has 11 nitrogen and oxygen atoms in total. The number of fused-ring (bicyclic) bond motifs is 1. The van der Waals surface area contributed by atoms with Crippen LogP contribution in [0.2, 0.25) is 0 Å². The van der Waals surface area contributed by atoms with E-state index in [0.29, 0.717) is 11.1 Å². The summed E-state index contributed by atoms with van der Waals surface area (Å²) in [5, 5.41) is 4.25. The lowest BCUT2D eigenvalue weighted by Crippen LogP contribution is -2.35. The highest BCUT2D eigenvalue weighted by molar-refractivity contribution is 7.52. The van der Waals surface area contributed by atoms with E-state index >= 15 is 0 Å². The molecular weight excluding hydrogens is 549 g/mol. The summed E-state index contributed by atoms with van der Waals surface area (Å²) >= 11 is 0. The van der Waals surface area contributed by atoms with Gasteiger partial charge in [0.15, 0.2) is 6.23 Å². The predicted molar refractivity (Wildman–Crippen MR) is 151 cm³/mol. The Hall–Kier alpha value is -4.28. The van der Waals surface area contributed by atoms with Crippen LogP contribution in [0.15, 0.2) is 107 Å². The summed E-state index contributed by atoms with van der Waals surface area (Å²) in [4.78, 5) is 38.5. The van der Waals surface area contributed by atoms with Gasteiger partial charge in [0.25, 0.3) is 5.56 Å². The molecule has 0 saturated carbocycles. The molecule has 0 amide bonds. The minimum atomic E-state index is -4.19. The van der Waals surface area contributed by atoms with Crippen molar-refractivity contribution in [1.29, 1.82) is 0 Å². The molecule has 5 rings (SSSR count). The molecule has 4 atom stereocenters. The average molecular weight is 578 g/mol. The molecule has 4 aromatic rings. The predicted octanol–water partition coefficient (Wildman–Crippen LogP) is 4.07. The van der Waals surface area contributed by atoms with E-state index in [2.05, 4.69) is 10.1 Å². The van der Waals surface area contributed by atoms with E-state index in [-0.39, 0.29) is 13.2 Å². The summed E-state index contributed by atoms with van der Waals surface area (Å²) in [6.45, 7) is 1.32. The highest BCUT2D eigenvalue weighted by Gasteiger charge is 2.34. The van der Waals surface area contributed by atoms with Crippen molar-refractivity contribution in [2.75, 3.05) is 6.61 Å². The van der Waals surface area contributed by atoms with Crippen molar-refractivity contribution in [2.24, 2.45) is 0 Å². The zero-order valence-corrected chi connectivity index (χ0v) is 22.9.